The van der Waals surface area contributed by atoms with Gasteiger partial charge < -0.3 is 10.2 Å². The van der Waals surface area contributed by atoms with Gasteiger partial charge in [-0.1, -0.05) is 26.8 Å². The van der Waals surface area contributed by atoms with Crippen molar-refractivity contribution in [2.24, 2.45) is 11.3 Å². The van der Waals surface area contributed by atoms with Crippen molar-refractivity contribution in [3.8, 4) is 6.07 Å². The predicted octanol–water partition coefficient (Wildman–Crippen LogP) is 3.08. The Bertz CT molecular complexity index is 616. The molecule has 1 N–H and O–H groups in total. The van der Waals surface area contributed by atoms with Gasteiger partial charge in [0.25, 0.3) is 0 Å². The van der Waals surface area contributed by atoms with Crippen LogP contribution in [0.4, 0.5) is 10.1 Å². The SMILES string of the molecule is CC(C)(C)C(=O)NCC1CCCN(c2cccc(F)c2C#N)C1. The van der Waals surface area contributed by atoms with E-state index in [1.54, 1.807) is 12.1 Å². The number of carbonyl (C=O) groups is 1. The number of nitrogens with one attached hydrogen (secondary N) is 1. The van der Waals surface area contributed by atoms with Gasteiger partial charge in [-0.2, -0.15) is 5.26 Å². The fourth-order valence-corrected chi connectivity index (χ4v) is 2.84. The molecule has 1 heterocycles. The van der Waals surface area contributed by atoms with Crippen molar-refractivity contribution in [1.29, 1.82) is 5.26 Å². The summed E-state index contributed by atoms with van der Waals surface area (Å²) in [6, 6.07) is 6.70. The molecule has 1 unspecified atom stereocenters. The zero-order valence-corrected chi connectivity index (χ0v) is 14.0. The molecule has 5 heteroatoms. The van der Waals surface area contributed by atoms with Crippen LogP contribution >= 0.6 is 0 Å². The summed E-state index contributed by atoms with van der Waals surface area (Å²) >= 11 is 0. The first-order chi connectivity index (χ1) is 10.8. The highest BCUT2D eigenvalue weighted by molar-refractivity contribution is 5.81. The summed E-state index contributed by atoms with van der Waals surface area (Å²) in [5, 5.41) is 12.2. The Labute approximate surface area is 137 Å². The number of hydrogen-bond acceptors (Lipinski definition) is 3. The summed E-state index contributed by atoms with van der Waals surface area (Å²) in [6.45, 7) is 7.82. The van der Waals surface area contributed by atoms with Gasteiger partial charge in [0.1, 0.15) is 17.4 Å². The van der Waals surface area contributed by atoms with Gasteiger partial charge >= 0.3 is 0 Å². The number of hydrogen-bond donors (Lipinski definition) is 1. The number of nitriles is 1. The van der Waals surface area contributed by atoms with E-state index < -0.39 is 11.2 Å². The Morgan fingerprint density at radius 3 is 2.87 bits per heavy atom. The molecule has 23 heavy (non-hydrogen) atoms. The maximum Gasteiger partial charge on any atom is 0.225 e. The van der Waals surface area contributed by atoms with Crippen LogP contribution in [0.15, 0.2) is 18.2 Å². The second-order valence-electron chi connectivity index (χ2n) is 7.16. The average Bonchev–Trinajstić information content (AvgIpc) is 2.51. The number of rotatable bonds is 3. The second-order valence-corrected chi connectivity index (χ2v) is 7.16. The molecule has 0 radical (unpaired) electrons. The summed E-state index contributed by atoms with van der Waals surface area (Å²) in [6.07, 6.45) is 2.00. The maximum atomic E-state index is 13.8. The quantitative estimate of drug-likeness (QED) is 0.932. The van der Waals surface area contributed by atoms with Crippen LogP contribution in [0, 0.1) is 28.5 Å². The van der Waals surface area contributed by atoms with E-state index in [4.69, 9.17) is 0 Å². The first-order valence-electron chi connectivity index (χ1n) is 8.05. The van der Waals surface area contributed by atoms with Crippen LogP contribution in [0.3, 0.4) is 0 Å². The van der Waals surface area contributed by atoms with Crippen LogP contribution in [0.5, 0.6) is 0 Å². The Morgan fingerprint density at radius 1 is 1.48 bits per heavy atom. The molecule has 1 saturated heterocycles. The molecule has 2 rings (SSSR count). The standard InChI is InChI=1S/C18H24FN3O/c1-18(2,3)17(23)21-11-13-6-5-9-22(12-13)16-8-4-7-15(19)14(16)10-20/h4,7-8,13H,5-6,9,11-12H2,1-3H3,(H,21,23). The van der Waals surface area contributed by atoms with Gasteiger partial charge in [0.2, 0.25) is 5.91 Å². The van der Waals surface area contributed by atoms with Crippen LogP contribution in [0.2, 0.25) is 0 Å². The molecule has 1 atom stereocenters. The summed E-state index contributed by atoms with van der Waals surface area (Å²) < 4.78 is 13.8. The molecule has 4 nitrogen and oxygen atoms in total. The van der Waals surface area contributed by atoms with Gasteiger partial charge in [0, 0.05) is 25.0 Å². The van der Waals surface area contributed by atoms with Gasteiger partial charge in [-0.3, -0.25) is 4.79 Å². The lowest BCUT2D eigenvalue weighted by molar-refractivity contribution is -0.128. The van der Waals surface area contributed by atoms with Crippen molar-refractivity contribution in [1.82, 2.24) is 5.32 Å². The number of piperidine rings is 1. The fourth-order valence-electron chi connectivity index (χ4n) is 2.84. The van der Waals surface area contributed by atoms with E-state index in [2.05, 4.69) is 10.2 Å². The van der Waals surface area contributed by atoms with Gasteiger partial charge in [-0.05, 0) is 30.9 Å². The molecule has 0 aliphatic carbocycles. The second kappa shape index (κ2) is 6.99. The third kappa shape index (κ3) is 4.22. The summed E-state index contributed by atoms with van der Waals surface area (Å²) in [7, 11) is 0. The lowest BCUT2D eigenvalue weighted by Crippen LogP contribution is -2.43. The number of amides is 1. The van der Waals surface area contributed by atoms with Crippen LogP contribution in [0.25, 0.3) is 0 Å². The van der Waals surface area contributed by atoms with Crippen molar-refractivity contribution in [2.75, 3.05) is 24.5 Å². The molecule has 0 spiro atoms. The van der Waals surface area contributed by atoms with Crippen molar-refractivity contribution in [2.45, 2.75) is 33.6 Å². The van der Waals surface area contributed by atoms with Crippen molar-refractivity contribution in [3.63, 3.8) is 0 Å². The minimum absolute atomic E-state index is 0.0399. The van der Waals surface area contributed by atoms with E-state index in [0.29, 0.717) is 18.2 Å². The Balaban J connectivity index is 2.03. The van der Waals surface area contributed by atoms with Crippen LogP contribution in [-0.2, 0) is 4.79 Å². The number of anilines is 1. The van der Waals surface area contributed by atoms with E-state index in [9.17, 15) is 14.4 Å². The third-order valence-electron chi connectivity index (χ3n) is 4.20. The Morgan fingerprint density at radius 2 is 2.22 bits per heavy atom. The first kappa shape index (κ1) is 17.3. The molecule has 1 aromatic carbocycles. The maximum absolute atomic E-state index is 13.8. The minimum Gasteiger partial charge on any atom is -0.370 e. The van der Waals surface area contributed by atoms with Crippen molar-refractivity contribution < 1.29 is 9.18 Å². The van der Waals surface area contributed by atoms with Crippen LogP contribution in [-0.4, -0.2) is 25.5 Å². The zero-order valence-electron chi connectivity index (χ0n) is 14.0. The largest absolute Gasteiger partial charge is 0.370 e. The molecule has 1 aliphatic rings. The van der Waals surface area contributed by atoms with E-state index in [1.165, 1.54) is 6.07 Å². The Hall–Kier alpha value is -2.09. The topological polar surface area (TPSA) is 56.1 Å². The van der Waals surface area contributed by atoms with E-state index >= 15 is 0 Å². The van der Waals surface area contributed by atoms with Gasteiger partial charge in [-0.25, -0.2) is 4.39 Å². The Kier molecular flexibility index (Phi) is 5.25. The predicted molar refractivity (Wildman–Crippen MR) is 88.5 cm³/mol. The molecule has 1 fully saturated rings. The molecule has 124 valence electrons. The minimum atomic E-state index is -0.479. The normalized spacial score (nSPS) is 18.4. The molecule has 1 aliphatic heterocycles. The highest BCUT2D eigenvalue weighted by Crippen LogP contribution is 2.27. The molecule has 0 bridgehead atoms. The first-order valence-corrected chi connectivity index (χ1v) is 8.05. The highest BCUT2D eigenvalue weighted by Gasteiger charge is 2.25. The van der Waals surface area contributed by atoms with Crippen LogP contribution in [0.1, 0.15) is 39.2 Å². The monoisotopic (exact) mass is 317 g/mol. The molecular formula is C18H24FN3O. The number of nitrogens with zero attached hydrogens (tertiary/aromatic N) is 2. The molecule has 0 saturated carbocycles. The van der Waals surface area contributed by atoms with Crippen molar-refractivity contribution in [3.05, 3.63) is 29.6 Å². The molecule has 1 aromatic rings. The highest BCUT2D eigenvalue weighted by atomic mass is 19.1. The smallest absolute Gasteiger partial charge is 0.225 e. The molecule has 0 aromatic heterocycles. The molecular weight excluding hydrogens is 293 g/mol. The molecule has 1 amide bonds. The number of benzene rings is 1. The lowest BCUT2D eigenvalue weighted by atomic mass is 9.93. The lowest BCUT2D eigenvalue weighted by Gasteiger charge is -2.35. The van der Waals surface area contributed by atoms with E-state index in [0.717, 1.165) is 25.9 Å². The summed E-state index contributed by atoms with van der Waals surface area (Å²) in [4.78, 5) is 14.0. The van der Waals surface area contributed by atoms with E-state index in [1.807, 2.05) is 26.8 Å². The van der Waals surface area contributed by atoms with E-state index in [-0.39, 0.29) is 11.5 Å². The van der Waals surface area contributed by atoms with Gasteiger partial charge in [0.05, 0.1) is 5.69 Å². The third-order valence-corrected chi connectivity index (χ3v) is 4.20. The number of halogens is 1. The van der Waals surface area contributed by atoms with Gasteiger partial charge in [0.15, 0.2) is 0 Å². The number of carbonyl (C=O) groups excluding carboxylic acids is 1. The van der Waals surface area contributed by atoms with Crippen LogP contribution < -0.4 is 10.2 Å². The average molecular weight is 317 g/mol. The van der Waals surface area contributed by atoms with Crippen molar-refractivity contribution >= 4 is 11.6 Å². The zero-order chi connectivity index (χ0) is 17.0. The fraction of sp³-hybridized carbons (Fsp3) is 0.556. The summed E-state index contributed by atoms with van der Waals surface area (Å²) in [5.74, 6) is -0.129. The van der Waals surface area contributed by atoms with Gasteiger partial charge in [-0.15, -0.1) is 0 Å². The summed E-state index contributed by atoms with van der Waals surface area (Å²) in [5.41, 5.74) is 0.358.